The minimum absolute atomic E-state index is 0.579. The summed E-state index contributed by atoms with van der Waals surface area (Å²) in [6.07, 6.45) is 3.97. The average molecular weight is 182 g/mol. The first-order chi connectivity index (χ1) is 5.83. The van der Waals surface area contributed by atoms with Gasteiger partial charge in [0.15, 0.2) is 0 Å². The number of rotatable bonds is 2. The van der Waals surface area contributed by atoms with Gasteiger partial charge in [-0.2, -0.15) is 0 Å². The zero-order valence-corrected chi connectivity index (χ0v) is 7.71. The van der Waals surface area contributed by atoms with Crippen molar-refractivity contribution in [1.82, 2.24) is 9.97 Å². The molecule has 0 atom stereocenters. The second-order valence-corrected chi connectivity index (χ2v) is 3.34. The molecule has 1 aromatic heterocycles. The van der Waals surface area contributed by atoms with E-state index in [1.54, 1.807) is 7.11 Å². The molecule has 3 nitrogen and oxygen atoms in total. The third kappa shape index (κ3) is 1.27. The van der Waals surface area contributed by atoms with E-state index < -0.39 is 0 Å². The van der Waals surface area contributed by atoms with Crippen molar-refractivity contribution < 1.29 is 4.74 Å². The van der Waals surface area contributed by atoms with Crippen molar-refractivity contribution in [3.8, 4) is 5.88 Å². The maximum atomic E-state index is 5.04. The molecule has 64 valence electrons. The number of thiol groups is 1. The number of nitrogens with zero attached hydrogens (tertiary/aromatic N) is 2. The molecule has 1 aliphatic rings. The first-order valence-corrected chi connectivity index (χ1v) is 4.35. The van der Waals surface area contributed by atoms with Gasteiger partial charge in [-0.3, -0.25) is 0 Å². The van der Waals surface area contributed by atoms with E-state index in [1.807, 2.05) is 0 Å². The summed E-state index contributed by atoms with van der Waals surface area (Å²) in [7, 11) is 1.60. The van der Waals surface area contributed by atoms with Gasteiger partial charge < -0.3 is 4.74 Å². The molecule has 1 heterocycles. The van der Waals surface area contributed by atoms with E-state index in [-0.39, 0.29) is 0 Å². The van der Waals surface area contributed by atoms with Gasteiger partial charge in [0.25, 0.3) is 0 Å². The molecule has 0 saturated heterocycles. The van der Waals surface area contributed by atoms with E-state index >= 15 is 0 Å². The van der Waals surface area contributed by atoms with E-state index in [2.05, 4.69) is 22.6 Å². The summed E-state index contributed by atoms with van der Waals surface area (Å²) in [5.74, 6) is 1.17. The van der Waals surface area contributed by atoms with Crippen molar-refractivity contribution in [2.75, 3.05) is 7.11 Å². The first kappa shape index (κ1) is 7.86. The zero-order chi connectivity index (χ0) is 8.55. The molecule has 0 radical (unpaired) electrons. The molecule has 12 heavy (non-hydrogen) atoms. The molecule has 0 aromatic carbocycles. The lowest BCUT2D eigenvalue weighted by atomic mass is 10.3. The second kappa shape index (κ2) is 2.94. The van der Waals surface area contributed by atoms with Crippen molar-refractivity contribution in [3.63, 3.8) is 0 Å². The molecular formula is C8H10N2OS. The minimum Gasteiger partial charge on any atom is -0.480 e. The van der Waals surface area contributed by atoms with Gasteiger partial charge in [-0.25, -0.2) is 9.97 Å². The van der Waals surface area contributed by atoms with Gasteiger partial charge in [-0.15, -0.1) is 12.6 Å². The minimum atomic E-state index is 0.579. The van der Waals surface area contributed by atoms with Crippen LogP contribution in [0.15, 0.2) is 11.2 Å². The summed E-state index contributed by atoms with van der Waals surface area (Å²) in [4.78, 5) is 8.93. The highest BCUT2D eigenvalue weighted by Gasteiger charge is 2.28. The fraction of sp³-hybridized carbons (Fsp3) is 0.500. The molecule has 0 amide bonds. The lowest BCUT2D eigenvalue weighted by Gasteiger charge is -2.05. The Bertz CT molecular complexity index is 299. The molecule has 1 aliphatic carbocycles. The standard InChI is InChI=1S/C8H10N2OS/c1-11-8-7(12)6(5-2-3-5)9-4-10-8/h4-5,12H,2-3H2,1H3. The summed E-state index contributed by atoms with van der Waals surface area (Å²) in [6.45, 7) is 0. The van der Waals surface area contributed by atoms with Gasteiger partial charge in [-0.1, -0.05) is 0 Å². The molecule has 1 saturated carbocycles. The molecular weight excluding hydrogens is 172 g/mol. The van der Waals surface area contributed by atoms with Crippen molar-refractivity contribution in [2.24, 2.45) is 0 Å². The van der Waals surface area contributed by atoms with Crippen molar-refractivity contribution in [2.45, 2.75) is 23.7 Å². The number of aromatic nitrogens is 2. The summed E-state index contributed by atoms with van der Waals surface area (Å²) >= 11 is 4.32. The quantitative estimate of drug-likeness (QED) is 0.706. The summed E-state index contributed by atoms with van der Waals surface area (Å²) in [5, 5.41) is 0. The number of ether oxygens (including phenoxy) is 1. The Hall–Kier alpha value is -0.770. The molecule has 0 bridgehead atoms. The second-order valence-electron chi connectivity index (χ2n) is 2.89. The van der Waals surface area contributed by atoms with Gasteiger partial charge >= 0.3 is 0 Å². The Morgan fingerprint density at radius 2 is 2.25 bits per heavy atom. The number of hydrogen-bond donors (Lipinski definition) is 1. The predicted molar refractivity (Wildman–Crippen MR) is 47.8 cm³/mol. The summed E-state index contributed by atoms with van der Waals surface area (Å²) in [6, 6.07) is 0. The Labute approximate surface area is 76.6 Å². The van der Waals surface area contributed by atoms with Crippen LogP contribution in [0.2, 0.25) is 0 Å². The van der Waals surface area contributed by atoms with Crippen LogP contribution in [0.4, 0.5) is 0 Å². The van der Waals surface area contributed by atoms with E-state index in [1.165, 1.54) is 19.2 Å². The number of methoxy groups -OCH3 is 1. The molecule has 0 spiro atoms. The first-order valence-electron chi connectivity index (χ1n) is 3.90. The maximum Gasteiger partial charge on any atom is 0.230 e. The van der Waals surface area contributed by atoms with Crippen molar-refractivity contribution >= 4 is 12.6 Å². The Balaban J connectivity index is 2.40. The van der Waals surface area contributed by atoms with Crippen LogP contribution in [0, 0.1) is 0 Å². The van der Waals surface area contributed by atoms with Crippen LogP contribution in [0.3, 0.4) is 0 Å². The lowest BCUT2D eigenvalue weighted by Crippen LogP contribution is -1.95. The Kier molecular flexibility index (Phi) is 1.92. The average Bonchev–Trinajstić information content (AvgIpc) is 2.88. The van der Waals surface area contributed by atoms with E-state index in [0.29, 0.717) is 11.8 Å². The Morgan fingerprint density at radius 1 is 1.50 bits per heavy atom. The fourth-order valence-electron chi connectivity index (χ4n) is 1.18. The molecule has 1 aromatic rings. The highest BCUT2D eigenvalue weighted by molar-refractivity contribution is 7.80. The highest BCUT2D eigenvalue weighted by Crippen LogP contribution is 2.42. The van der Waals surface area contributed by atoms with E-state index in [0.717, 1.165) is 10.6 Å². The monoisotopic (exact) mass is 182 g/mol. The normalized spacial score (nSPS) is 16.2. The van der Waals surface area contributed by atoms with Crippen LogP contribution in [0.1, 0.15) is 24.5 Å². The highest BCUT2D eigenvalue weighted by atomic mass is 32.1. The van der Waals surface area contributed by atoms with E-state index in [4.69, 9.17) is 4.74 Å². The van der Waals surface area contributed by atoms with Crippen molar-refractivity contribution in [1.29, 1.82) is 0 Å². The van der Waals surface area contributed by atoms with Crippen LogP contribution in [-0.2, 0) is 0 Å². The molecule has 0 aliphatic heterocycles. The van der Waals surface area contributed by atoms with Gasteiger partial charge in [0.1, 0.15) is 6.33 Å². The van der Waals surface area contributed by atoms with Gasteiger partial charge in [0.05, 0.1) is 17.7 Å². The van der Waals surface area contributed by atoms with E-state index in [9.17, 15) is 0 Å². The molecule has 2 rings (SSSR count). The predicted octanol–water partition coefficient (Wildman–Crippen LogP) is 1.65. The third-order valence-electron chi connectivity index (χ3n) is 1.97. The largest absolute Gasteiger partial charge is 0.480 e. The Morgan fingerprint density at radius 3 is 2.83 bits per heavy atom. The topological polar surface area (TPSA) is 35.0 Å². The van der Waals surface area contributed by atoms with Crippen LogP contribution in [-0.4, -0.2) is 17.1 Å². The third-order valence-corrected chi connectivity index (χ3v) is 2.39. The van der Waals surface area contributed by atoms with Gasteiger partial charge in [-0.05, 0) is 12.8 Å². The van der Waals surface area contributed by atoms with Gasteiger partial charge in [0.2, 0.25) is 5.88 Å². The SMILES string of the molecule is COc1ncnc(C2CC2)c1S. The number of hydrogen-bond acceptors (Lipinski definition) is 4. The van der Waals surface area contributed by atoms with Crippen molar-refractivity contribution in [3.05, 3.63) is 12.0 Å². The summed E-state index contributed by atoms with van der Waals surface area (Å²) < 4.78 is 5.04. The van der Waals surface area contributed by atoms with Crippen LogP contribution in [0.5, 0.6) is 5.88 Å². The van der Waals surface area contributed by atoms with Crippen LogP contribution >= 0.6 is 12.6 Å². The van der Waals surface area contributed by atoms with Crippen LogP contribution in [0.25, 0.3) is 0 Å². The maximum absolute atomic E-state index is 5.04. The molecule has 1 fully saturated rings. The van der Waals surface area contributed by atoms with Gasteiger partial charge in [0, 0.05) is 5.92 Å². The smallest absolute Gasteiger partial charge is 0.230 e. The van der Waals surface area contributed by atoms with Crippen LogP contribution < -0.4 is 4.74 Å². The lowest BCUT2D eigenvalue weighted by molar-refractivity contribution is 0.384. The summed E-state index contributed by atoms with van der Waals surface area (Å²) in [5.41, 5.74) is 1.03. The molecule has 4 heteroatoms. The molecule has 0 unspecified atom stereocenters. The zero-order valence-electron chi connectivity index (χ0n) is 6.82. The fourth-order valence-corrected chi connectivity index (χ4v) is 1.57. The molecule has 0 N–H and O–H groups in total.